The Balaban J connectivity index is 1.90. The second kappa shape index (κ2) is 4.47. The summed E-state index contributed by atoms with van der Waals surface area (Å²) in [5, 5.41) is 17.3. The van der Waals surface area contributed by atoms with Crippen LogP contribution < -0.4 is 0 Å². The molecular weight excluding hydrogens is 242 g/mol. The normalized spacial score (nSPS) is 13.0. The Morgan fingerprint density at radius 1 is 1.37 bits per heavy atom. The zero-order valence-corrected chi connectivity index (χ0v) is 10.9. The van der Waals surface area contributed by atoms with E-state index in [1.807, 2.05) is 35.9 Å². The molecule has 0 spiro atoms. The Morgan fingerprint density at radius 3 is 2.89 bits per heavy atom. The van der Waals surface area contributed by atoms with Gasteiger partial charge in [-0.1, -0.05) is 11.3 Å². The maximum atomic E-state index is 9.42. The molecule has 0 saturated heterocycles. The van der Waals surface area contributed by atoms with Crippen molar-refractivity contribution in [3.8, 4) is 0 Å². The second-order valence-corrected chi connectivity index (χ2v) is 4.67. The summed E-state index contributed by atoms with van der Waals surface area (Å²) in [6, 6.07) is 4.03. The average Bonchev–Trinajstić information content (AvgIpc) is 2.96. The van der Waals surface area contributed by atoms with Gasteiger partial charge >= 0.3 is 0 Å². The molecule has 0 saturated carbocycles. The molecule has 6 nitrogen and oxygen atoms in total. The second-order valence-electron chi connectivity index (χ2n) is 4.67. The van der Waals surface area contributed by atoms with Crippen molar-refractivity contribution < 1.29 is 5.11 Å². The minimum atomic E-state index is -0.600. The first-order valence-corrected chi connectivity index (χ1v) is 6.15. The summed E-state index contributed by atoms with van der Waals surface area (Å²) in [6.45, 7) is 4.25. The summed E-state index contributed by atoms with van der Waals surface area (Å²) in [4.78, 5) is 4.57. The van der Waals surface area contributed by atoms with E-state index in [4.69, 9.17) is 0 Å². The number of hydrogen-bond acceptors (Lipinski definition) is 4. The molecule has 0 amide bonds. The van der Waals surface area contributed by atoms with Gasteiger partial charge in [0.15, 0.2) is 0 Å². The van der Waals surface area contributed by atoms with Gasteiger partial charge in [0.05, 0.1) is 24.5 Å². The van der Waals surface area contributed by atoms with Gasteiger partial charge in [0.2, 0.25) is 0 Å². The van der Waals surface area contributed by atoms with Gasteiger partial charge in [0.25, 0.3) is 0 Å². The Kier molecular flexibility index (Phi) is 2.79. The number of aliphatic hydroxyl groups excluding tert-OH is 1. The molecule has 1 unspecified atom stereocenters. The smallest absolute Gasteiger partial charge is 0.140 e. The highest BCUT2D eigenvalue weighted by atomic mass is 16.3. The molecule has 98 valence electrons. The average molecular weight is 257 g/mol. The van der Waals surface area contributed by atoms with Gasteiger partial charge in [0, 0.05) is 12.4 Å². The van der Waals surface area contributed by atoms with E-state index < -0.39 is 6.10 Å². The quantitative estimate of drug-likeness (QED) is 0.768. The number of fused-ring (bicyclic) bond motifs is 1. The van der Waals surface area contributed by atoms with Crippen LogP contribution in [0.3, 0.4) is 0 Å². The van der Waals surface area contributed by atoms with Gasteiger partial charge < -0.3 is 9.51 Å². The van der Waals surface area contributed by atoms with Crippen LogP contribution in [0.5, 0.6) is 0 Å². The van der Waals surface area contributed by atoms with Crippen LogP contribution >= 0.6 is 0 Å². The molecular formula is C13H15N5O. The fourth-order valence-electron chi connectivity index (χ4n) is 2.03. The zero-order valence-electron chi connectivity index (χ0n) is 10.9. The lowest BCUT2D eigenvalue weighted by atomic mass is 10.3. The Morgan fingerprint density at radius 2 is 2.21 bits per heavy atom. The van der Waals surface area contributed by atoms with Gasteiger partial charge in [-0.2, -0.15) is 0 Å². The molecule has 1 atom stereocenters. The third kappa shape index (κ3) is 2.22. The molecule has 0 aliphatic heterocycles. The highest BCUT2D eigenvalue weighted by molar-refractivity contribution is 5.47. The summed E-state index contributed by atoms with van der Waals surface area (Å²) in [6.07, 6.45) is 5.09. The van der Waals surface area contributed by atoms with Crippen LogP contribution in [0.15, 0.2) is 30.7 Å². The van der Waals surface area contributed by atoms with Crippen LogP contribution in [-0.2, 0) is 6.54 Å². The highest BCUT2D eigenvalue weighted by Crippen LogP contribution is 2.12. The topological polar surface area (TPSA) is 68.2 Å². The molecule has 3 heterocycles. The van der Waals surface area contributed by atoms with Crippen molar-refractivity contribution in [2.45, 2.75) is 26.5 Å². The summed E-state index contributed by atoms with van der Waals surface area (Å²) in [5.41, 5.74) is 3.57. The van der Waals surface area contributed by atoms with E-state index >= 15 is 0 Å². The summed E-state index contributed by atoms with van der Waals surface area (Å²) in [7, 11) is 0. The van der Waals surface area contributed by atoms with Crippen molar-refractivity contribution in [1.29, 1.82) is 0 Å². The number of hydrogen-bond donors (Lipinski definition) is 1. The molecule has 0 aliphatic rings. The van der Waals surface area contributed by atoms with E-state index in [0.717, 1.165) is 16.9 Å². The number of nitrogens with zero attached hydrogens (tertiary/aromatic N) is 5. The molecule has 0 fully saturated rings. The maximum Gasteiger partial charge on any atom is 0.140 e. The van der Waals surface area contributed by atoms with Crippen LogP contribution in [0.4, 0.5) is 0 Å². The van der Waals surface area contributed by atoms with Gasteiger partial charge in [-0.05, 0) is 25.5 Å². The van der Waals surface area contributed by atoms with E-state index in [-0.39, 0.29) is 0 Å². The van der Waals surface area contributed by atoms with E-state index in [9.17, 15) is 5.11 Å². The largest absolute Gasteiger partial charge is 0.387 e. The van der Waals surface area contributed by atoms with Crippen LogP contribution in [0.1, 0.15) is 30.0 Å². The third-order valence-corrected chi connectivity index (χ3v) is 3.04. The molecule has 3 rings (SSSR count). The Labute approximate surface area is 110 Å². The number of aromatic nitrogens is 5. The van der Waals surface area contributed by atoms with Crippen LogP contribution in [0.2, 0.25) is 0 Å². The van der Waals surface area contributed by atoms with E-state index in [0.29, 0.717) is 12.2 Å². The summed E-state index contributed by atoms with van der Waals surface area (Å²) in [5.74, 6) is 0. The number of aliphatic hydroxyl groups is 1. The van der Waals surface area contributed by atoms with E-state index in [2.05, 4.69) is 15.3 Å². The predicted octanol–water partition coefficient (Wildman–Crippen LogP) is 1.34. The zero-order chi connectivity index (χ0) is 13.4. The molecule has 19 heavy (non-hydrogen) atoms. The number of pyridine rings is 1. The van der Waals surface area contributed by atoms with Crippen molar-refractivity contribution in [3.05, 3.63) is 47.7 Å². The molecule has 0 aromatic carbocycles. The fraction of sp³-hybridized carbons (Fsp3) is 0.308. The predicted molar refractivity (Wildman–Crippen MR) is 69.7 cm³/mol. The molecule has 1 N–H and O–H groups in total. The third-order valence-electron chi connectivity index (χ3n) is 3.04. The minimum Gasteiger partial charge on any atom is -0.387 e. The summed E-state index contributed by atoms with van der Waals surface area (Å²) >= 11 is 0. The summed E-state index contributed by atoms with van der Waals surface area (Å²) < 4.78 is 3.68. The lowest BCUT2D eigenvalue weighted by Crippen LogP contribution is -2.00. The van der Waals surface area contributed by atoms with Crippen molar-refractivity contribution in [2.24, 2.45) is 0 Å². The lowest BCUT2D eigenvalue weighted by molar-refractivity contribution is 0.194. The van der Waals surface area contributed by atoms with E-state index in [1.165, 1.54) is 0 Å². The fourth-order valence-corrected chi connectivity index (χ4v) is 2.03. The van der Waals surface area contributed by atoms with Crippen LogP contribution in [0.25, 0.3) is 5.65 Å². The van der Waals surface area contributed by atoms with Gasteiger partial charge in [-0.15, -0.1) is 5.10 Å². The molecule has 0 bridgehead atoms. The van der Waals surface area contributed by atoms with Gasteiger partial charge in [-0.3, -0.25) is 0 Å². The Hall–Kier alpha value is -2.21. The van der Waals surface area contributed by atoms with E-state index in [1.54, 1.807) is 17.8 Å². The van der Waals surface area contributed by atoms with Crippen LogP contribution in [0, 0.1) is 6.92 Å². The molecule has 0 aliphatic carbocycles. The number of aryl methyl sites for hydroxylation is 1. The minimum absolute atomic E-state index is 0.543. The van der Waals surface area contributed by atoms with Crippen molar-refractivity contribution in [2.75, 3.05) is 0 Å². The standard InChI is InChI=1S/C13H15N5O/c1-9-4-3-5-17-6-11(14-13(9)17)7-18-8-12(10(2)19)15-16-18/h3-6,8,10,19H,7H2,1-2H3. The first-order valence-electron chi connectivity index (χ1n) is 6.15. The van der Waals surface area contributed by atoms with Gasteiger partial charge in [-0.25, -0.2) is 9.67 Å². The Bertz CT molecular complexity index is 713. The van der Waals surface area contributed by atoms with Crippen molar-refractivity contribution in [1.82, 2.24) is 24.4 Å². The molecule has 6 heteroatoms. The maximum absolute atomic E-state index is 9.42. The lowest BCUT2D eigenvalue weighted by Gasteiger charge is -1.96. The van der Waals surface area contributed by atoms with Crippen LogP contribution in [-0.4, -0.2) is 29.5 Å². The molecule has 3 aromatic rings. The highest BCUT2D eigenvalue weighted by Gasteiger charge is 2.08. The van der Waals surface area contributed by atoms with Crippen molar-refractivity contribution in [3.63, 3.8) is 0 Å². The molecule has 3 aromatic heterocycles. The molecule has 0 radical (unpaired) electrons. The van der Waals surface area contributed by atoms with Gasteiger partial charge in [0.1, 0.15) is 11.3 Å². The van der Waals surface area contributed by atoms with Crippen molar-refractivity contribution >= 4 is 5.65 Å². The first kappa shape index (κ1) is 11.9. The number of imidazole rings is 1. The SMILES string of the molecule is Cc1cccn2cc(Cn3cc(C(C)O)nn3)nc12. The number of rotatable bonds is 3. The first-order chi connectivity index (χ1) is 9.13. The monoisotopic (exact) mass is 257 g/mol.